The smallest absolute Gasteiger partial charge is 0.269 e. The molecule has 0 saturated heterocycles. The molecule has 0 bridgehead atoms. The van der Waals surface area contributed by atoms with Crippen LogP contribution in [0.5, 0.6) is 0 Å². The highest BCUT2D eigenvalue weighted by Gasteiger charge is 2.08. The fourth-order valence-electron chi connectivity index (χ4n) is 2.55. The van der Waals surface area contributed by atoms with Gasteiger partial charge in [0.25, 0.3) is 5.91 Å². The lowest BCUT2D eigenvalue weighted by atomic mass is 9.97. The summed E-state index contributed by atoms with van der Waals surface area (Å²) in [7, 11) is 0. The van der Waals surface area contributed by atoms with Gasteiger partial charge in [0.1, 0.15) is 5.69 Å². The molecule has 0 atom stereocenters. The van der Waals surface area contributed by atoms with E-state index >= 15 is 0 Å². The SMILES string of the molecule is CC(C)CNC(=O)c1cc(NCCC2=CCCCC2)ccn1. The van der Waals surface area contributed by atoms with Crippen LogP contribution in [0.2, 0.25) is 0 Å². The summed E-state index contributed by atoms with van der Waals surface area (Å²) >= 11 is 0. The minimum absolute atomic E-state index is 0.104. The zero-order chi connectivity index (χ0) is 15.8. The molecule has 1 aliphatic carbocycles. The van der Waals surface area contributed by atoms with E-state index in [9.17, 15) is 4.79 Å². The Balaban J connectivity index is 1.82. The molecule has 2 N–H and O–H groups in total. The molecule has 0 aliphatic heterocycles. The van der Waals surface area contributed by atoms with Crippen LogP contribution in [0.4, 0.5) is 5.69 Å². The summed E-state index contributed by atoms with van der Waals surface area (Å²) in [6, 6.07) is 3.74. The first kappa shape index (κ1) is 16.5. The maximum Gasteiger partial charge on any atom is 0.269 e. The largest absolute Gasteiger partial charge is 0.385 e. The number of aromatic nitrogens is 1. The van der Waals surface area contributed by atoms with E-state index in [2.05, 4.69) is 35.5 Å². The molecule has 22 heavy (non-hydrogen) atoms. The Hall–Kier alpha value is -1.84. The van der Waals surface area contributed by atoms with Crippen molar-refractivity contribution in [3.05, 3.63) is 35.7 Å². The molecule has 2 rings (SSSR count). The number of pyridine rings is 1. The van der Waals surface area contributed by atoms with Crippen molar-refractivity contribution in [2.24, 2.45) is 5.92 Å². The third-order valence-corrected chi connectivity index (χ3v) is 3.82. The second kappa shape index (κ2) is 8.57. The van der Waals surface area contributed by atoms with Crippen molar-refractivity contribution in [1.29, 1.82) is 0 Å². The average Bonchev–Trinajstić information content (AvgIpc) is 2.54. The van der Waals surface area contributed by atoms with E-state index in [0.29, 0.717) is 18.2 Å². The number of nitrogens with one attached hydrogen (secondary N) is 2. The molecular formula is C18H27N3O. The average molecular weight is 301 g/mol. The van der Waals surface area contributed by atoms with Crippen LogP contribution in [-0.2, 0) is 0 Å². The Morgan fingerprint density at radius 3 is 2.95 bits per heavy atom. The lowest BCUT2D eigenvalue weighted by Gasteiger charge is -2.13. The number of allylic oxidation sites excluding steroid dienone is 1. The number of rotatable bonds is 7. The van der Waals surface area contributed by atoms with Gasteiger partial charge in [0.05, 0.1) is 0 Å². The summed E-state index contributed by atoms with van der Waals surface area (Å²) in [4.78, 5) is 16.2. The van der Waals surface area contributed by atoms with Gasteiger partial charge in [-0.1, -0.05) is 25.5 Å². The lowest BCUT2D eigenvalue weighted by molar-refractivity contribution is 0.0944. The van der Waals surface area contributed by atoms with Crippen LogP contribution >= 0.6 is 0 Å². The molecule has 120 valence electrons. The van der Waals surface area contributed by atoms with Crippen molar-refractivity contribution in [2.75, 3.05) is 18.4 Å². The van der Waals surface area contributed by atoms with Crippen LogP contribution in [0.25, 0.3) is 0 Å². The number of amides is 1. The first-order chi connectivity index (χ1) is 10.6. The quantitative estimate of drug-likeness (QED) is 0.754. The minimum atomic E-state index is -0.104. The number of carbonyl (C=O) groups is 1. The van der Waals surface area contributed by atoms with Gasteiger partial charge in [-0.25, -0.2) is 0 Å². The molecule has 0 radical (unpaired) electrons. The first-order valence-electron chi connectivity index (χ1n) is 8.31. The van der Waals surface area contributed by atoms with Gasteiger partial charge in [-0.3, -0.25) is 9.78 Å². The maximum absolute atomic E-state index is 12.0. The van der Waals surface area contributed by atoms with E-state index in [4.69, 9.17) is 0 Å². The van der Waals surface area contributed by atoms with Crippen molar-refractivity contribution >= 4 is 11.6 Å². The van der Waals surface area contributed by atoms with Gasteiger partial charge in [-0.05, 0) is 50.2 Å². The Morgan fingerprint density at radius 2 is 2.23 bits per heavy atom. The highest BCUT2D eigenvalue weighted by molar-refractivity contribution is 5.93. The Labute approximate surface area is 133 Å². The second-order valence-corrected chi connectivity index (χ2v) is 6.32. The van der Waals surface area contributed by atoms with E-state index in [0.717, 1.165) is 18.7 Å². The van der Waals surface area contributed by atoms with Crippen LogP contribution in [0.3, 0.4) is 0 Å². The van der Waals surface area contributed by atoms with E-state index < -0.39 is 0 Å². The molecule has 0 aromatic carbocycles. The zero-order valence-electron chi connectivity index (χ0n) is 13.7. The molecule has 4 nitrogen and oxygen atoms in total. The van der Waals surface area contributed by atoms with Crippen LogP contribution < -0.4 is 10.6 Å². The third-order valence-electron chi connectivity index (χ3n) is 3.82. The highest BCUT2D eigenvalue weighted by Crippen LogP contribution is 2.20. The van der Waals surface area contributed by atoms with E-state index in [1.165, 1.54) is 25.7 Å². The highest BCUT2D eigenvalue weighted by atomic mass is 16.1. The second-order valence-electron chi connectivity index (χ2n) is 6.32. The van der Waals surface area contributed by atoms with Gasteiger partial charge < -0.3 is 10.6 Å². The van der Waals surface area contributed by atoms with Crippen LogP contribution in [0.1, 0.15) is 56.4 Å². The summed E-state index contributed by atoms with van der Waals surface area (Å²) in [6.07, 6.45) is 10.3. The van der Waals surface area contributed by atoms with Crippen LogP contribution in [0.15, 0.2) is 30.0 Å². The maximum atomic E-state index is 12.0. The van der Waals surface area contributed by atoms with Gasteiger partial charge in [-0.15, -0.1) is 0 Å². The summed E-state index contributed by atoms with van der Waals surface area (Å²) in [5.41, 5.74) is 2.99. The summed E-state index contributed by atoms with van der Waals surface area (Å²) < 4.78 is 0. The third kappa shape index (κ3) is 5.51. The van der Waals surface area contributed by atoms with Gasteiger partial charge in [0.15, 0.2) is 0 Å². The molecule has 1 aromatic heterocycles. The Kier molecular flexibility index (Phi) is 6.44. The summed E-state index contributed by atoms with van der Waals surface area (Å²) in [5, 5.41) is 6.29. The predicted molar refractivity (Wildman–Crippen MR) is 91.1 cm³/mol. The summed E-state index contributed by atoms with van der Waals surface area (Å²) in [6.45, 7) is 5.73. The zero-order valence-corrected chi connectivity index (χ0v) is 13.7. The molecule has 4 heteroatoms. The standard InChI is InChI=1S/C18H27N3O/c1-14(2)13-21-18(22)17-12-16(9-11-20-17)19-10-8-15-6-4-3-5-7-15/h6,9,11-12,14H,3-5,7-8,10,13H2,1-2H3,(H,19,20)(H,21,22). The minimum Gasteiger partial charge on any atom is -0.385 e. The van der Waals surface area contributed by atoms with Crippen molar-refractivity contribution in [3.8, 4) is 0 Å². The van der Waals surface area contributed by atoms with Crippen molar-refractivity contribution in [2.45, 2.75) is 46.0 Å². The number of carbonyl (C=O) groups excluding carboxylic acids is 1. The molecule has 0 fully saturated rings. The lowest BCUT2D eigenvalue weighted by Crippen LogP contribution is -2.28. The van der Waals surface area contributed by atoms with Crippen molar-refractivity contribution < 1.29 is 4.79 Å². The van der Waals surface area contributed by atoms with Crippen molar-refractivity contribution in [1.82, 2.24) is 10.3 Å². The van der Waals surface area contributed by atoms with Gasteiger partial charge in [0, 0.05) is 25.0 Å². The van der Waals surface area contributed by atoms with Crippen molar-refractivity contribution in [3.63, 3.8) is 0 Å². The molecule has 0 unspecified atom stereocenters. The number of anilines is 1. The Bertz CT molecular complexity index is 523. The number of nitrogens with zero attached hydrogens (tertiary/aromatic N) is 1. The number of hydrogen-bond acceptors (Lipinski definition) is 3. The monoisotopic (exact) mass is 301 g/mol. The van der Waals surface area contributed by atoms with Gasteiger partial charge in [-0.2, -0.15) is 0 Å². The molecule has 0 saturated carbocycles. The molecule has 1 amide bonds. The number of hydrogen-bond donors (Lipinski definition) is 2. The van der Waals surface area contributed by atoms with Crippen LogP contribution in [0, 0.1) is 5.92 Å². The van der Waals surface area contributed by atoms with E-state index in [1.807, 2.05) is 12.1 Å². The van der Waals surface area contributed by atoms with E-state index in [1.54, 1.807) is 11.8 Å². The molecule has 1 aliphatic rings. The van der Waals surface area contributed by atoms with Gasteiger partial charge >= 0.3 is 0 Å². The fraction of sp³-hybridized carbons (Fsp3) is 0.556. The molecular weight excluding hydrogens is 274 g/mol. The Morgan fingerprint density at radius 1 is 1.36 bits per heavy atom. The van der Waals surface area contributed by atoms with Crippen LogP contribution in [-0.4, -0.2) is 24.0 Å². The van der Waals surface area contributed by atoms with Gasteiger partial charge in [0.2, 0.25) is 0 Å². The predicted octanol–water partition coefficient (Wildman–Crippen LogP) is 3.77. The van der Waals surface area contributed by atoms with E-state index in [-0.39, 0.29) is 5.91 Å². The first-order valence-corrected chi connectivity index (χ1v) is 8.31. The molecule has 1 heterocycles. The normalized spacial score (nSPS) is 14.6. The topological polar surface area (TPSA) is 54.0 Å². The fourth-order valence-corrected chi connectivity index (χ4v) is 2.55. The summed E-state index contributed by atoms with van der Waals surface area (Å²) in [5.74, 6) is 0.335. The molecule has 1 aromatic rings. The molecule has 0 spiro atoms.